The van der Waals surface area contributed by atoms with Crippen LogP contribution in [0.1, 0.15) is 25.7 Å². The average molecular weight is 223 g/mol. The van der Waals surface area contributed by atoms with Crippen molar-refractivity contribution in [1.82, 2.24) is 0 Å². The highest BCUT2D eigenvalue weighted by atomic mass is 32.2. The van der Waals surface area contributed by atoms with Crippen molar-refractivity contribution in [2.75, 3.05) is 11.5 Å². The molecule has 1 unspecified atom stereocenters. The van der Waals surface area contributed by atoms with Gasteiger partial charge in [-0.15, -0.1) is 0 Å². The summed E-state index contributed by atoms with van der Waals surface area (Å²) in [4.78, 5) is 0. The molecule has 0 amide bonds. The van der Waals surface area contributed by atoms with Crippen LogP contribution in [0, 0.1) is 0 Å². The lowest BCUT2D eigenvalue weighted by Gasteiger charge is -2.55. The third kappa shape index (κ3) is 1.55. The molecule has 3 N–H and O–H groups in total. The second-order valence-corrected chi connectivity index (χ2v) is 5.66. The third-order valence-corrected chi connectivity index (χ3v) is 4.55. The van der Waals surface area contributed by atoms with Crippen molar-refractivity contribution in [3.63, 3.8) is 0 Å². The fourth-order valence-electron chi connectivity index (χ4n) is 2.37. The fraction of sp³-hybridized carbons (Fsp3) is 1.00. The Morgan fingerprint density at radius 3 is 2.36 bits per heavy atom. The maximum absolute atomic E-state index is 12.8. The Kier molecular flexibility index (Phi) is 2.33. The van der Waals surface area contributed by atoms with E-state index >= 15 is 0 Å². The first-order valence-electron chi connectivity index (χ1n) is 4.84. The average Bonchev–Trinajstić information content (AvgIpc) is 2.01. The van der Waals surface area contributed by atoms with Crippen molar-refractivity contribution in [2.24, 2.45) is 5.73 Å². The SMILES string of the molecule is NC1(C2(O)CCCSC2)CC(F)(F)C1. The summed E-state index contributed by atoms with van der Waals surface area (Å²) in [5.41, 5.74) is 3.72. The van der Waals surface area contributed by atoms with Crippen LogP contribution >= 0.6 is 11.8 Å². The summed E-state index contributed by atoms with van der Waals surface area (Å²) in [7, 11) is 0. The number of alkyl halides is 2. The Labute approximate surface area is 86.2 Å². The summed E-state index contributed by atoms with van der Waals surface area (Å²) in [6.45, 7) is 0. The molecule has 2 fully saturated rings. The number of thioether (sulfide) groups is 1. The molecule has 0 aromatic heterocycles. The van der Waals surface area contributed by atoms with Crippen molar-refractivity contribution >= 4 is 11.8 Å². The second kappa shape index (κ2) is 3.06. The van der Waals surface area contributed by atoms with Gasteiger partial charge in [-0.3, -0.25) is 0 Å². The first kappa shape index (κ1) is 10.6. The monoisotopic (exact) mass is 223 g/mol. The molecule has 14 heavy (non-hydrogen) atoms. The van der Waals surface area contributed by atoms with Crippen LogP contribution in [0.25, 0.3) is 0 Å². The molecule has 1 saturated heterocycles. The number of hydrogen-bond donors (Lipinski definition) is 2. The summed E-state index contributed by atoms with van der Waals surface area (Å²) in [5.74, 6) is -1.17. The van der Waals surface area contributed by atoms with E-state index in [1.807, 2.05) is 0 Å². The number of rotatable bonds is 1. The van der Waals surface area contributed by atoms with Crippen LogP contribution in [0.5, 0.6) is 0 Å². The lowest BCUT2D eigenvalue weighted by Crippen LogP contribution is -2.72. The van der Waals surface area contributed by atoms with E-state index in [4.69, 9.17) is 5.73 Å². The van der Waals surface area contributed by atoms with Crippen molar-refractivity contribution in [3.8, 4) is 0 Å². The van der Waals surface area contributed by atoms with Gasteiger partial charge >= 0.3 is 0 Å². The minimum absolute atomic E-state index is 0.364. The van der Waals surface area contributed by atoms with E-state index in [-0.39, 0.29) is 12.8 Å². The minimum Gasteiger partial charge on any atom is -0.387 e. The molecule has 0 bridgehead atoms. The molecule has 2 rings (SSSR count). The van der Waals surface area contributed by atoms with Gasteiger partial charge in [0.25, 0.3) is 5.92 Å². The lowest BCUT2D eigenvalue weighted by molar-refractivity contribution is -0.186. The normalized spacial score (nSPS) is 40.3. The lowest BCUT2D eigenvalue weighted by atomic mass is 9.63. The highest BCUT2D eigenvalue weighted by Crippen LogP contribution is 2.52. The quantitative estimate of drug-likeness (QED) is 0.706. The molecule has 1 saturated carbocycles. The van der Waals surface area contributed by atoms with E-state index in [2.05, 4.69) is 0 Å². The molecular weight excluding hydrogens is 208 g/mol. The number of aliphatic hydroxyl groups is 1. The van der Waals surface area contributed by atoms with E-state index in [0.29, 0.717) is 12.2 Å². The molecule has 1 aliphatic carbocycles. The second-order valence-electron chi connectivity index (χ2n) is 4.55. The van der Waals surface area contributed by atoms with Crippen LogP contribution in [-0.4, -0.2) is 33.7 Å². The van der Waals surface area contributed by atoms with Gasteiger partial charge in [0, 0.05) is 18.6 Å². The van der Waals surface area contributed by atoms with E-state index in [1.54, 1.807) is 11.8 Å². The fourth-order valence-corrected chi connectivity index (χ4v) is 3.64. The molecule has 2 nitrogen and oxygen atoms in total. The number of hydrogen-bond acceptors (Lipinski definition) is 3. The minimum atomic E-state index is -2.66. The molecule has 0 spiro atoms. The molecule has 82 valence electrons. The largest absolute Gasteiger partial charge is 0.387 e. The summed E-state index contributed by atoms with van der Waals surface area (Å²) in [6, 6.07) is 0. The van der Waals surface area contributed by atoms with Crippen LogP contribution in [-0.2, 0) is 0 Å². The van der Waals surface area contributed by atoms with Gasteiger partial charge in [0.2, 0.25) is 0 Å². The van der Waals surface area contributed by atoms with E-state index in [1.165, 1.54) is 0 Å². The van der Waals surface area contributed by atoms with Crippen molar-refractivity contribution in [2.45, 2.75) is 42.7 Å². The van der Waals surface area contributed by atoms with Crippen molar-refractivity contribution < 1.29 is 13.9 Å². The van der Waals surface area contributed by atoms with E-state index in [0.717, 1.165) is 12.2 Å². The predicted octanol–water partition coefficient (Wildman–Crippen LogP) is 1.37. The van der Waals surface area contributed by atoms with Crippen molar-refractivity contribution in [1.29, 1.82) is 0 Å². The summed E-state index contributed by atoms with van der Waals surface area (Å²) < 4.78 is 25.5. The Balaban J connectivity index is 2.07. The van der Waals surface area contributed by atoms with E-state index < -0.39 is 17.1 Å². The van der Waals surface area contributed by atoms with Gasteiger partial charge < -0.3 is 10.8 Å². The van der Waals surface area contributed by atoms with Gasteiger partial charge in [0.15, 0.2) is 0 Å². The predicted molar refractivity (Wildman–Crippen MR) is 52.6 cm³/mol. The van der Waals surface area contributed by atoms with Crippen LogP contribution < -0.4 is 5.73 Å². The first-order valence-corrected chi connectivity index (χ1v) is 5.99. The molecule has 1 heterocycles. The molecule has 2 aliphatic rings. The Morgan fingerprint density at radius 2 is 1.93 bits per heavy atom. The molecule has 0 aromatic rings. The standard InChI is InChI=1S/C9H15F2NOS/c10-9(11)4-7(12,5-9)8(13)2-1-3-14-6-8/h13H,1-6,12H2. The maximum Gasteiger partial charge on any atom is 0.251 e. The van der Waals surface area contributed by atoms with Gasteiger partial charge in [-0.2, -0.15) is 11.8 Å². The summed E-state index contributed by atoms with van der Waals surface area (Å²) >= 11 is 1.60. The summed E-state index contributed by atoms with van der Waals surface area (Å²) in [5, 5.41) is 10.2. The highest BCUT2D eigenvalue weighted by molar-refractivity contribution is 7.99. The zero-order valence-corrected chi connectivity index (χ0v) is 8.75. The Bertz CT molecular complexity index is 233. The Hall–Kier alpha value is 0.130. The van der Waals surface area contributed by atoms with Crippen LogP contribution in [0.15, 0.2) is 0 Å². The zero-order chi connectivity index (χ0) is 10.4. The van der Waals surface area contributed by atoms with Gasteiger partial charge in [-0.05, 0) is 18.6 Å². The van der Waals surface area contributed by atoms with Gasteiger partial charge in [-0.25, -0.2) is 8.78 Å². The topological polar surface area (TPSA) is 46.2 Å². The molecule has 5 heteroatoms. The van der Waals surface area contributed by atoms with Crippen LogP contribution in [0.4, 0.5) is 8.78 Å². The molecule has 1 atom stereocenters. The van der Waals surface area contributed by atoms with Gasteiger partial charge in [0.05, 0.1) is 11.1 Å². The van der Waals surface area contributed by atoms with E-state index in [9.17, 15) is 13.9 Å². The first-order chi connectivity index (χ1) is 6.37. The molecule has 1 aliphatic heterocycles. The maximum atomic E-state index is 12.8. The molecule has 0 aromatic carbocycles. The van der Waals surface area contributed by atoms with Crippen LogP contribution in [0.2, 0.25) is 0 Å². The number of nitrogens with two attached hydrogens (primary N) is 1. The Morgan fingerprint density at radius 1 is 1.29 bits per heavy atom. The third-order valence-electron chi connectivity index (χ3n) is 3.29. The van der Waals surface area contributed by atoms with Gasteiger partial charge in [0.1, 0.15) is 0 Å². The van der Waals surface area contributed by atoms with Crippen molar-refractivity contribution in [3.05, 3.63) is 0 Å². The summed E-state index contributed by atoms with van der Waals surface area (Å²) in [6.07, 6.45) is 0.701. The molecular formula is C9H15F2NOS. The van der Waals surface area contributed by atoms with Gasteiger partial charge in [-0.1, -0.05) is 0 Å². The number of halogens is 2. The smallest absolute Gasteiger partial charge is 0.251 e. The zero-order valence-electron chi connectivity index (χ0n) is 7.93. The highest BCUT2D eigenvalue weighted by Gasteiger charge is 2.63. The van der Waals surface area contributed by atoms with Crippen LogP contribution in [0.3, 0.4) is 0 Å². The molecule has 0 radical (unpaired) electrons.